The minimum atomic E-state index is -0.649. The van der Waals surface area contributed by atoms with Gasteiger partial charge >= 0.3 is 5.69 Å². The Morgan fingerprint density at radius 1 is 1.00 bits per heavy atom. The van der Waals surface area contributed by atoms with Gasteiger partial charge in [0.2, 0.25) is 5.91 Å². The van der Waals surface area contributed by atoms with Crippen LogP contribution in [0, 0.1) is 0 Å². The Hall–Kier alpha value is -4.79. The van der Waals surface area contributed by atoms with Gasteiger partial charge in [-0.3, -0.25) is 24.0 Å². The molecular formula is C28H27N5O4. The van der Waals surface area contributed by atoms with Crippen LogP contribution in [-0.4, -0.2) is 35.7 Å². The average Bonchev–Trinajstić information content (AvgIpc) is 2.91. The molecule has 1 amide bonds. The highest BCUT2D eigenvalue weighted by molar-refractivity contribution is 5.99. The van der Waals surface area contributed by atoms with Gasteiger partial charge in [0, 0.05) is 7.05 Å². The van der Waals surface area contributed by atoms with Gasteiger partial charge in [-0.2, -0.15) is 0 Å². The van der Waals surface area contributed by atoms with Crippen molar-refractivity contribution in [2.45, 2.75) is 12.6 Å². The third-order valence-electron chi connectivity index (χ3n) is 6.44. The normalized spacial score (nSPS) is 14.5. The lowest BCUT2D eigenvalue weighted by atomic mass is 10.0. The van der Waals surface area contributed by atoms with Gasteiger partial charge in [0.1, 0.15) is 23.9 Å². The third kappa shape index (κ3) is 4.71. The van der Waals surface area contributed by atoms with Crippen LogP contribution in [0.5, 0.6) is 5.75 Å². The number of nitrogen functional groups attached to an aromatic ring is 1. The largest absolute Gasteiger partial charge is 0.489 e. The number of rotatable bonds is 6. The lowest BCUT2D eigenvalue weighted by molar-refractivity contribution is -0.118. The van der Waals surface area contributed by atoms with E-state index >= 15 is 0 Å². The number of aromatic nitrogens is 2. The maximum Gasteiger partial charge on any atom is 0.330 e. The number of fused-ring (bicyclic) bond motifs is 1. The predicted octanol–water partition coefficient (Wildman–Crippen LogP) is 2.77. The Morgan fingerprint density at radius 3 is 2.38 bits per heavy atom. The molecule has 9 nitrogen and oxygen atoms in total. The number of likely N-dealkylation sites (N-methyl/N-ethyl adjacent to an activating group) is 1. The number of aromatic amines is 1. The molecular weight excluding hydrogens is 470 g/mol. The summed E-state index contributed by atoms with van der Waals surface area (Å²) < 4.78 is 7.26. The number of anilines is 3. The summed E-state index contributed by atoms with van der Waals surface area (Å²) in [5.74, 6) is 0.362. The number of hydrogen-bond acceptors (Lipinski definition) is 6. The number of benzene rings is 3. The molecule has 1 atom stereocenters. The fourth-order valence-corrected chi connectivity index (χ4v) is 4.65. The number of para-hydroxylation sites is 2. The van der Waals surface area contributed by atoms with Gasteiger partial charge in [0.25, 0.3) is 5.56 Å². The molecule has 2 heterocycles. The fraction of sp³-hybridized carbons (Fsp3) is 0.179. The molecule has 1 aliphatic rings. The molecule has 9 heteroatoms. The number of nitrogens with two attached hydrogens (primary N) is 1. The van der Waals surface area contributed by atoms with Crippen molar-refractivity contribution in [1.82, 2.24) is 9.55 Å². The van der Waals surface area contributed by atoms with E-state index in [2.05, 4.69) is 4.98 Å². The highest BCUT2D eigenvalue weighted by atomic mass is 16.5. The molecule has 3 N–H and O–H groups in total. The SMILES string of the molecule is CN(CC(=O)N1c2ccccc2OC[C@H]1c1ccccc1)c1c(N)n(Cc2ccccc2)c(=O)[nH]c1=O. The van der Waals surface area contributed by atoms with Gasteiger partial charge in [-0.1, -0.05) is 72.8 Å². The number of nitrogens with one attached hydrogen (secondary N) is 1. The third-order valence-corrected chi connectivity index (χ3v) is 6.44. The van der Waals surface area contributed by atoms with Gasteiger partial charge in [0.05, 0.1) is 24.8 Å². The summed E-state index contributed by atoms with van der Waals surface area (Å²) in [6.07, 6.45) is 0. The number of carbonyl (C=O) groups is 1. The lowest BCUT2D eigenvalue weighted by Gasteiger charge is -2.38. The first kappa shape index (κ1) is 23.9. The average molecular weight is 498 g/mol. The van der Waals surface area contributed by atoms with Crippen LogP contribution in [0.25, 0.3) is 0 Å². The Balaban J connectivity index is 1.48. The Bertz CT molecular complexity index is 1530. The Morgan fingerprint density at radius 2 is 1.65 bits per heavy atom. The summed E-state index contributed by atoms with van der Waals surface area (Å²) in [5, 5.41) is 0. The van der Waals surface area contributed by atoms with Crippen LogP contribution in [0.2, 0.25) is 0 Å². The molecule has 0 radical (unpaired) electrons. The zero-order chi connectivity index (χ0) is 25.9. The summed E-state index contributed by atoms with van der Waals surface area (Å²) >= 11 is 0. The topological polar surface area (TPSA) is 114 Å². The number of hydrogen-bond donors (Lipinski definition) is 2. The molecule has 37 heavy (non-hydrogen) atoms. The van der Waals surface area contributed by atoms with Crippen LogP contribution < -0.4 is 31.5 Å². The zero-order valence-corrected chi connectivity index (χ0v) is 20.3. The van der Waals surface area contributed by atoms with Crippen LogP contribution in [0.3, 0.4) is 0 Å². The van der Waals surface area contributed by atoms with Crippen LogP contribution in [0.1, 0.15) is 17.2 Å². The molecule has 3 aromatic carbocycles. The van der Waals surface area contributed by atoms with Crippen molar-refractivity contribution in [2.75, 3.05) is 35.7 Å². The fourth-order valence-electron chi connectivity index (χ4n) is 4.65. The lowest BCUT2D eigenvalue weighted by Crippen LogP contribution is -2.47. The highest BCUT2D eigenvalue weighted by Gasteiger charge is 2.34. The maximum atomic E-state index is 13.8. The first-order chi connectivity index (χ1) is 17.9. The minimum Gasteiger partial charge on any atom is -0.489 e. The molecule has 0 fully saturated rings. The van der Waals surface area contributed by atoms with E-state index < -0.39 is 11.2 Å². The predicted molar refractivity (Wildman–Crippen MR) is 143 cm³/mol. The maximum absolute atomic E-state index is 13.8. The number of nitrogens with zero attached hydrogens (tertiary/aromatic N) is 3. The Kier molecular flexibility index (Phi) is 6.51. The standard InChI is InChI=1S/C28H27N5O4/c1-31(25-26(29)32(28(36)30-27(25)35)16-19-10-4-2-5-11-19)17-24(34)33-21-14-8-9-15-23(21)37-18-22(33)20-12-6-3-7-13-20/h2-15,22H,16-18,29H2,1H3,(H,30,35,36)/t22-/m0/s1. The van der Waals surface area contributed by atoms with E-state index in [1.165, 1.54) is 9.47 Å². The van der Waals surface area contributed by atoms with Gasteiger partial charge in [0.15, 0.2) is 0 Å². The molecule has 0 spiro atoms. The molecule has 0 unspecified atom stereocenters. The van der Waals surface area contributed by atoms with E-state index in [1.54, 1.807) is 11.9 Å². The second-order valence-corrected chi connectivity index (χ2v) is 8.89. The Labute approximate surface area is 213 Å². The van der Waals surface area contributed by atoms with Crippen LogP contribution in [-0.2, 0) is 11.3 Å². The van der Waals surface area contributed by atoms with Crippen LogP contribution in [0.4, 0.5) is 17.2 Å². The smallest absolute Gasteiger partial charge is 0.330 e. The van der Waals surface area contributed by atoms with Gasteiger partial charge in [-0.25, -0.2) is 4.79 Å². The minimum absolute atomic E-state index is 0.00473. The van der Waals surface area contributed by atoms with Crippen molar-refractivity contribution in [3.05, 3.63) is 117 Å². The van der Waals surface area contributed by atoms with Crippen molar-refractivity contribution in [3.63, 3.8) is 0 Å². The van der Waals surface area contributed by atoms with Crippen molar-refractivity contribution >= 4 is 23.1 Å². The van der Waals surface area contributed by atoms with E-state index in [4.69, 9.17) is 10.5 Å². The molecule has 5 rings (SSSR count). The second kappa shape index (κ2) is 10.1. The van der Waals surface area contributed by atoms with E-state index in [1.807, 2.05) is 84.9 Å². The van der Waals surface area contributed by atoms with Gasteiger partial charge in [-0.05, 0) is 23.3 Å². The number of ether oxygens (including phenoxy) is 1. The van der Waals surface area contributed by atoms with Crippen molar-refractivity contribution < 1.29 is 9.53 Å². The second-order valence-electron chi connectivity index (χ2n) is 8.89. The summed E-state index contributed by atoms with van der Waals surface area (Å²) in [6, 6.07) is 26.0. The molecule has 4 aromatic rings. The van der Waals surface area contributed by atoms with E-state index in [-0.39, 0.29) is 36.5 Å². The summed E-state index contributed by atoms with van der Waals surface area (Å²) in [6.45, 7) is 0.333. The number of carbonyl (C=O) groups excluding carboxylic acids is 1. The first-order valence-electron chi connectivity index (χ1n) is 11.9. The molecule has 0 saturated heterocycles. The van der Waals surface area contributed by atoms with Crippen molar-refractivity contribution in [2.24, 2.45) is 0 Å². The van der Waals surface area contributed by atoms with Crippen LogP contribution in [0.15, 0.2) is 94.5 Å². The molecule has 0 aliphatic carbocycles. The van der Waals surface area contributed by atoms with E-state index in [0.29, 0.717) is 18.0 Å². The molecule has 1 aromatic heterocycles. The summed E-state index contributed by atoms with van der Waals surface area (Å²) in [5.41, 5.74) is 7.57. The molecule has 0 bridgehead atoms. The van der Waals surface area contributed by atoms with Crippen LogP contribution >= 0.6 is 0 Å². The van der Waals surface area contributed by atoms with Crippen molar-refractivity contribution in [3.8, 4) is 5.75 Å². The molecule has 188 valence electrons. The van der Waals surface area contributed by atoms with Gasteiger partial charge in [-0.15, -0.1) is 0 Å². The zero-order valence-electron chi connectivity index (χ0n) is 20.3. The van der Waals surface area contributed by atoms with Gasteiger partial charge < -0.3 is 15.4 Å². The molecule has 0 saturated carbocycles. The number of H-pyrrole nitrogens is 1. The number of amides is 1. The van der Waals surface area contributed by atoms with E-state index in [9.17, 15) is 14.4 Å². The van der Waals surface area contributed by atoms with Crippen molar-refractivity contribution in [1.29, 1.82) is 0 Å². The summed E-state index contributed by atoms with van der Waals surface area (Å²) in [7, 11) is 1.61. The first-order valence-corrected chi connectivity index (χ1v) is 11.9. The summed E-state index contributed by atoms with van der Waals surface area (Å²) in [4.78, 5) is 44.7. The monoisotopic (exact) mass is 497 g/mol. The quantitative estimate of drug-likeness (QED) is 0.424. The van der Waals surface area contributed by atoms with E-state index in [0.717, 1.165) is 11.1 Å². The highest BCUT2D eigenvalue weighted by Crippen LogP contribution is 2.39. The molecule has 1 aliphatic heterocycles.